The van der Waals surface area contributed by atoms with Crippen molar-refractivity contribution in [1.82, 2.24) is 0 Å². The van der Waals surface area contributed by atoms with Crippen molar-refractivity contribution in [2.24, 2.45) is 0 Å². The van der Waals surface area contributed by atoms with E-state index in [-0.39, 0.29) is 11.6 Å². The van der Waals surface area contributed by atoms with E-state index in [2.05, 4.69) is 34.1 Å². The van der Waals surface area contributed by atoms with Crippen LogP contribution in [0.4, 0.5) is 0 Å². The van der Waals surface area contributed by atoms with Gasteiger partial charge >= 0.3 is 7.12 Å². The van der Waals surface area contributed by atoms with Gasteiger partial charge in [0.1, 0.15) is 22.3 Å². The number of para-hydroxylation sites is 4. The minimum Gasteiger partial charge on any atom is -0.456 e. The highest BCUT2D eigenvalue weighted by molar-refractivity contribution is 9.10. The average molecular weight is 822 g/mol. The van der Waals surface area contributed by atoms with Crippen molar-refractivity contribution in [2.45, 2.75) is 0 Å². The van der Waals surface area contributed by atoms with Crippen LogP contribution in [0.15, 0.2) is 207 Å². The molecule has 58 heavy (non-hydrogen) atoms. The highest BCUT2D eigenvalue weighted by Gasteiger charge is 2.19. The first-order chi connectivity index (χ1) is 28.4. The first-order valence-electron chi connectivity index (χ1n) is 18.6. The molecule has 0 amide bonds. The van der Waals surface area contributed by atoms with Gasteiger partial charge in [0.25, 0.3) is 0 Å². The number of fused-ring (bicyclic) bond motifs is 6. The van der Waals surface area contributed by atoms with Gasteiger partial charge in [-0.15, -0.1) is 0 Å². The summed E-state index contributed by atoms with van der Waals surface area (Å²) in [7, 11) is -1.51. The van der Waals surface area contributed by atoms with Crippen LogP contribution in [-0.4, -0.2) is 28.7 Å². The van der Waals surface area contributed by atoms with E-state index < -0.39 is 7.12 Å². The normalized spacial score (nSPS) is 10.8. The minimum atomic E-state index is -1.51. The van der Waals surface area contributed by atoms with Crippen LogP contribution in [0, 0.1) is 0 Å². The molecule has 2 N–H and O–H groups in total. The van der Waals surface area contributed by atoms with Gasteiger partial charge in [0.15, 0.2) is 11.6 Å². The predicted molar refractivity (Wildman–Crippen MR) is 237 cm³/mol. The maximum Gasteiger partial charge on any atom is 0.492 e. The molecule has 0 spiro atoms. The Hall–Kier alpha value is -6.84. The lowest BCUT2D eigenvalue weighted by atomic mass is 9.79. The highest BCUT2D eigenvalue weighted by atomic mass is 79.9. The molecular weight excluding hydrogens is 787 g/mol. The Morgan fingerprint density at radius 2 is 0.828 bits per heavy atom. The van der Waals surface area contributed by atoms with Crippen molar-refractivity contribution in [2.75, 3.05) is 0 Å². The Morgan fingerprint density at radius 3 is 1.36 bits per heavy atom. The van der Waals surface area contributed by atoms with E-state index in [9.17, 15) is 19.6 Å². The fourth-order valence-corrected chi connectivity index (χ4v) is 7.13. The van der Waals surface area contributed by atoms with Gasteiger partial charge in [-0.05, 0) is 42.0 Å². The van der Waals surface area contributed by atoms with E-state index in [1.165, 1.54) is 0 Å². The zero-order chi connectivity index (χ0) is 40.0. The molecule has 0 bridgehead atoms. The molecule has 0 radical (unpaired) electrons. The van der Waals surface area contributed by atoms with Gasteiger partial charge in [0, 0.05) is 59.3 Å². The Balaban J connectivity index is 0.000000130. The Bertz CT molecular complexity index is 3010. The van der Waals surface area contributed by atoms with Crippen LogP contribution >= 0.6 is 15.9 Å². The zero-order valence-electron chi connectivity index (χ0n) is 31.0. The minimum absolute atomic E-state index is 0.0316. The quantitative estimate of drug-likeness (QED) is 0.128. The van der Waals surface area contributed by atoms with Gasteiger partial charge in [-0.1, -0.05) is 174 Å². The standard InChI is InChI=1S/C25H16O2.C13H9BrO.C12H9BO3/c26-24(18-7-2-1-3-8-18)19-15-13-17(14-16-19)20-10-6-11-22-21-9-4-5-12-23(21)27-25(20)22;14-12-8-6-11(7-9-12)13(15)10-4-2-1-3-5-10;14-13(15)10-6-3-5-9-8-4-1-2-7-11(8)16-12(9)10/h1-16H;1-9H;1-7,14-15H. The number of hydrogen-bond acceptors (Lipinski definition) is 6. The fraction of sp³-hybridized carbons (Fsp3) is 0. The van der Waals surface area contributed by atoms with Crippen LogP contribution in [0.5, 0.6) is 0 Å². The van der Waals surface area contributed by atoms with Gasteiger partial charge in [-0.2, -0.15) is 0 Å². The van der Waals surface area contributed by atoms with E-state index in [1.807, 2.05) is 164 Å². The topological polar surface area (TPSA) is 101 Å². The second-order valence-corrected chi connectivity index (χ2v) is 14.4. The van der Waals surface area contributed by atoms with Crippen LogP contribution in [0.2, 0.25) is 0 Å². The molecule has 8 heteroatoms. The van der Waals surface area contributed by atoms with Crippen LogP contribution in [0.3, 0.4) is 0 Å². The summed E-state index contributed by atoms with van der Waals surface area (Å²) in [5, 5.41) is 22.6. The van der Waals surface area contributed by atoms with Crippen LogP contribution < -0.4 is 5.46 Å². The molecule has 0 aliphatic carbocycles. The second-order valence-electron chi connectivity index (χ2n) is 13.5. The number of rotatable bonds is 6. The molecule has 6 nitrogen and oxygen atoms in total. The molecule has 10 rings (SSSR count). The number of ketones is 2. The third kappa shape index (κ3) is 8.03. The Kier molecular flexibility index (Phi) is 11.2. The van der Waals surface area contributed by atoms with Crippen molar-refractivity contribution in [3.05, 3.63) is 221 Å². The van der Waals surface area contributed by atoms with Gasteiger partial charge in [-0.25, -0.2) is 0 Å². The highest BCUT2D eigenvalue weighted by Crippen LogP contribution is 2.36. The third-order valence-corrected chi connectivity index (χ3v) is 10.3. The molecule has 10 aromatic rings. The smallest absolute Gasteiger partial charge is 0.456 e. The molecule has 0 aliphatic heterocycles. The molecular formula is C50H34BBrO6. The summed E-state index contributed by atoms with van der Waals surface area (Å²) in [5.74, 6) is 0.0900. The summed E-state index contributed by atoms with van der Waals surface area (Å²) < 4.78 is 12.7. The number of benzene rings is 8. The lowest BCUT2D eigenvalue weighted by molar-refractivity contribution is 0.103. The Morgan fingerprint density at radius 1 is 0.414 bits per heavy atom. The van der Waals surface area contributed by atoms with Gasteiger partial charge in [-0.3, -0.25) is 9.59 Å². The summed E-state index contributed by atoms with van der Waals surface area (Å²) >= 11 is 3.34. The first-order valence-corrected chi connectivity index (χ1v) is 19.4. The maximum atomic E-state index is 12.6. The van der Waals surface area contributed by atoms with E-state index in [0.29, 0.717) is 27.7 Å². The molecule has 0 saturated heterocycles. The summed E-state index contributed by atoms with van der Waals surface area (Å²) in [6, 6.07) is 61.0. The molecule has 0 aliphatic rings. The van der Waals surface area contributed by atoms with Gasteiger partial charge < -0.3 is 18.9 Å². The summed E-state index contributed by atoms with van der Waals surface area (Å²) in [5.41, 5.74) is 8.33. The third-order valence-electron chi connectivity index (χ3n) is 9.75. The summed E-state index contributed by atoms with van der Waals surface area (Å²) in [6.45, 7) is 0. The fourth-order valence-electron chi connectivity index (χ4n) is 6.86. The SMILES string of the molecule is O=C(c1ccccc1)c1ccc(-c2cccc3c2oc2ccccc23)cc1.O=C(c1ccccc1)c1ccc(Br)cc1.OB(O)c1cccc2c1oc1ccccc12. The largest absolute Gasteiger partial charge is 0.492 e. The maximum absolute atomic E-state index is 12.6. The summed E-state index contributed by atoms with van der Waals surface area (Å²) in [6.07, 6.45) is 0. The van der Waals surface area contributed by atoms with Crippen molar-refractivity contribution in [3.63, 3.8) is 0 Å². The van der Waals surface area contributed by atoms with Crippen molar-refractivity contribution >= 4 is 84.0 Å². The lowest BCUT2D eigenvalue weighted by Crippen LogP contribution is -2.29. The summed E-state index contributed by atoms with van der Waals surface area (Å²) in [4.78, 5) is 24.5. The predicted octanol–water partition coefficient (Wildman–Crippen LogP) is 11.4. The molecule has 0 atom stereocenters. The molecule has 0 fully saturated rings. The lowest BCUT2D eigenvalue weighted by Gasteiger charge is -2.05. The molecule has 2 aromatic heterocycles. The number of furan rings is 2. The number of hydrogen-bond donors (Lipinski definition) is 2. The van der Waals surface area contributed by atoms with E-state index in [4.69, 9.17) is 8.83 Å². The zero-order valence-corrected chi connectivity index (χ0v) is 32.5. The van der Waals surface area contributed by atoms with E-state index >= 15 is 0 Å². The number of carbonyl (C=O) groups excluding carboxylic acids is 2. The Labute approximate surface area is 342 Å². The molecule has 8 aromatic carbocycles. The second kappa shape index (κ2) is 17.1. The molecule has 0 unspecified atom stereocenters. The van der Waals surface area contributed by atoms with Crippen LogP contribution in [0.1, 0.15) is 31.8 Å². The average Bonchev–Trinajstić information content (AvgIpc) is 3.86. The molecule has 2 heterocycles. The van der Waals surface area contributed by atoms with Crippen LogP contribution in [-0.2, 0) is 0 Å². The molecule has 280 valence electrons. The van der Waals surface area contributed by atoms with Crippen molar-refractivity contribution < 1.29 is 28.5 Å². The van der Waals surface area contributed by atoms with E-state index in [1.54, 1.807) is 12.1 Å². The van der Waals surface area contributed by atoms with Gasteiger partial charge in [0.05, 0.1) is 0 Å². The van der Waals surface area contributed by atoms with E-state index in [0.717, 1.165) is 59.5 Å². The monoisotopic (exact) mass is 820 g/mol. The van der Waals surface area contributed by atoms with Crippen LogP contribution in [0.25, 0.3) is 55.0 Å². The number of carbonyl (C=O) groups is 2. The van der Waals surface area contributed by atoms with Crippen molar-refractivity contribution in [3.8, 4) is 11.1 Å². The number of halogens is 1. The first kappa shape index (κ1) is 38.1. The van der Waals surface area contributed by atoms with Crippen molar-refractivity contribution in [1.29, 1.82) is 0 Å². The van der Waals surface area contributed by atoms with Gasteiger partial charge in [0.2, 0.25) is 0 Å². The molecule has 0 saturated carbocycles.